The summed E-state index contributed by atoms with van der Waals surface area (Å²) in [5.41, 5.74) is -4.87. The number of carboxylic acids is 2. The van der Waals surface area contributed by atoms with Crippen molar-refractivity contribution in [1.29, 1.82) is 0 Å². The average Bonchev–Trinajstić information content (AvgIpc) is 2.66. The number of carbonyl (C=O) groups excluding carboxylic acids is 1. The molecule has 1 fully saturated rings. The van der Waals surface area contributed by atoms with Gasteiger partial charge in [0.15, 0.2) is 0 Å². The molecule has 0 spiro atoms. The lowest BCUT2D eigenvalue weighted by Gasteiger charge is -2.56. The predicted molar refractivity (Wildman–Crippen MR) is 108 cm³/mol. The number of alkyl halides is 1. The summed E-state index contributed by atoms with van der Waals surface area (Å²) < 4.78 is 48.7. The predicted octanol–water partition coefficient (Wildman–Crippen LogP) is 3.57. The molecule has 32 heavy (non-hydrogen) atoms. The molecule has 1 saturated heterocycles. The Morgan fingerprint density at radius 3 is 2.25 bits per heavy atom. The molecule has 1 aromatic rings. The van der Waals surface area contributed by atoms with Crippen molar-refractivity contribution in [1.82, 2.24) is 5.32 Å². The van der Waals surface area contributed by atoms with Crippen molar-refractivity contribution in [2.75, 3.05) is 6.61 Å². The fourth-order valence-electron chi connectivity index (χ4n) is 5.05. The normalized spacial score (nSPS) is 31.1. The summed E-state index contributed by atoms with van der Waals surface area (Å²) in [5.74, 6) is -7.46. The molecule has 1 aliphatic heterocycles. The largest absolute Gasteiger partial charge is 0.481 e. The number of hydrogen-bond acceptors (Lipinski definition) is 5. The van der Waals surface area contributed by atoms with Crippen LogP contribution in [0.1, 0.15) is 64.3 Å². The molecule has 0 saturated carbocycles. The van der Waals surface area contributed by atoms with Gasteiger partial charge < -0.3 is 20.3 Å². The quantitative estimate of drug-likeness (QED) is 0.534. The zero-order valence-corrected chi connectivity index (χ0v) is 18.5. The molecular formula is C22H28F3NO6. The number of rotatable bonds is 7. The van der Waals surface area contributed by atoms with Crippen LogP contribution >= 0.6 is 0 Å². The Bertz CT molecular complexity index is 923. The van der Waals surface area contributed by atoms with E-state index in [9.17, 15) is 37.8 Å². The van der Waals surface area contributed by atoms with E-state index in [2.05, 4.69) is 5.32 Å². The standard InChI is InChI=1S/C22H28F3NO6/c1-6-22(20(30)31)16(9-32-12(4)27)26-11(3)21(5,19(28)29)18(22)14-7-13(24)8-15(25)17(14)10(2)23/h7-8,10-11,16,18,26H,6,9H2,1-5H3,(H,28,29)(H,30,31). The van der Waals surface area contributed by atoms with Gasteiger partial charge in [-0.15, -0.1) is 0 Å². The zero-order chi connectivity index (χ0) is 24.6. The van der Waals surface area contributed by atoms with Gasteiger partial charge in [0.25, 0.3) is 0 Å². The van der Waals surface area contributed by atoms with Crippen molar-refractivity contribution in [3.63, 3.8) is 0 Å². The molecule has 7 nitrogen and oxygen atoms in total. The maximum absolute atomic E-state index is 14.7. The molecule has 3 N–H and O–H groups in total. The third kappa shape index (κ3) is 3.96. The van der Waals surface area contributed by atoms with Crippen molar-refractivity contribution in [3.05, 3.63) is 34.9 Å². The molecule has 0 amide bonds. The fourth-order valence-corrected chi connectivity index (χ4v) is 5.05. The van der Waals surface area contributed by atoms with Crippen molar-refractivity contribution in [2.45, 2.75) is 65.2 Å². The summed E-state index contributed by atoms with van der Waals surface area (Å²) in [4.78, 5) is 36.7. The maximum Gasteiger partial charge on any atom is 0.312 e. The van der Waals surface area contributed by atoms with Gasteiger partial charge in [0.2, 0.25) is 0 Å². The van der Waals surface area contributed by atoms with E-state index in [1.54, 1.807) is 0 Å². The molecule has 0 bridgehead atoms. The molecule has 1 aliphatic rings. The first-order chi connectivity index (χ1) is 14.7. The topological polar surface area (TPSA) is 113 Å². The van der Waals surface area contributed by atoms with Gasteiger partial charge in [-0.2, -0.15) is 0 Å². The number of carbonyl (C=O) groups is 3. The Morgan fingerprint density at radius 2 is 1.81 bits per heavy atom. The van der Waals surface area contributed by atoms with Crippen molar-refractivity contribution in [3.8, 4) is 0 Å². The highest BCUT2D eigenvalue weighted by Gasteiger charge is 2.66. The Morgan fingerprint density at radius 1 is 1.22 bits per heavy atom. The van der Waals surface area contributed by atoms with Gasteiger partial charge in [-0.05, 0) is 38.8 Å². The molecule has 0 aliphatic carbocycles. The van der Waals surface area contributed by atoms with Crippen LogP contribution in [0.5, 0.6) is 0 Å². The zero-order valence-electron chi connectivity index (χ0n) is 18.5. The lowest BCUT2D eigenvalue weighted by Crippen LogP contribution is -2.70. The first-order valence-electron chi connectivity index (χ1n) is 10.2. The SMILES string of the molecule is CCC1(C(=O)O)C(COC(C)=O)NC(C)C(C)(C(=O)O)C1c1cc(F)cc(F)c1C(C)F. The summed E-state index contributed by atoms with van der Waals surface area (Å²) in [6.07, 6.45) is -2.16. The first kappa shape index (κ1) is 25.6. The molecule has 6 atom stereocenters. The molecule has 6 unspecified atom stereocenters. The number of esters is 1. The number of nitrogens with one attached hydrogen (secondary N) is 1. The molecule has 1 heterocycles. The first-order valence-corrected chi connectivity index (χ1v) is 10.2. The van der Waals surface area contributed by atoms with Gasteiger partial charge in [-0.1, -0.05) is 6.92 Å². The highest BCUT2D eigenvalue weighted by Crippen LogP contribution is 2.58. The molecule has 10 heteroatoms. The lowest BCUT2D eigenvalue weighted by atomic mass is 9.50. The number of ether oxygens (including phenoxy) is 1. The molecule has 0 aromatic heterocycles. The van der Waals surface area contributed by atoms with Gasteiger partial charge >= 0.3 is 17.9 Å². The van der Waals surface area contributed by atoms with Crippen molar-refractivity contribution >= 4 is 17.9 Å². The molecule has 2 rings (SSSR count). The third-order valence-corrected chi connectivity index (χ3v) is 6.82. The Hall–Kier alpha value is -2.62. The van der Waals surface area contributed by atoms with Crippen LogP contribution in [0.4, 0.5) is 13.2 Å². The number of carboxylic acid groups (broad SMARTS) is 2. The van der Waals surface area contributed by atoms with Crippen LogP contribution in [0.15, 0.2) is 12.1 Å². The van der Waals surface area contributed by atoms with E-state index in [-0.39, 0.29) is 12.0 Å². The minimum Gasteiger partial charge on any atom is -0.481 e. The van der Waals surface area contributed by atoms with Gasteiger partial charge in [0, 0.05) is 30.5 Å². The average molecular weight is 459 g/mol. The monoisotopic (exact) mass is 459 g/mol. The summed E-state index contributed by atoms with van der Waals surface area (Å²) >= 11 is 0. The molecule has 1 aromatic carbocycles. The fraction of sp³-hybridized carbons (Fsp3) is 0.591. The van der Waals surface area contributed by atoms with E-state index in [4.69, 9.17) is 4.74 Å². The highest BCUT2D eigenvalue weighted by atomic mass is 19.1. The van der Waals surface area contributed by atoms with Crippen molar-refractivity contribution in [2.24, 2.45) is 10.8 Å². The van der Waals surface area contributed by atoms with E-state index < -0.39 is 76.7 Å². The van der Waals surface area contributed by atoms with Crippen LogP contribution in [0.3, 0.4) is 0 Å². The number of hydrogen-bond donors (Lipinski definition) is 3. The minimum absolute atomic E-state index is 0.195. The van der Waals surface area contributed by atoms with E-state index in [0.29, 0.717) is 6.07 Å². The summed E-state index contributed by atoms with van der Waals surface area (Å²) in [6.45, 7) is 5.94. The van der Waals surface area contributed by atoms with Crippen LogP contribution in [0.25, 0.3) is 0 Å². The van der Waals surface area contributed by atoms with Crippen LogP contribution in [-0.4, -0.2) is 46.8 Å². The maximum atomic E-state index is 14.7. The second kappa shape index (κ2) is 9.09. The van der Waals surface area contributed by atoms with Gasteiger partial charge in [-0.25, -0.2) is 13.2 Å². The lowest BCUT2D eigenvalue weighted by molar-refractivity contribution is -0.176. The molecular weight excluding hydrogens is 431 g/mol. The minimum atomic E-state index is -2.00. The summed E-state index contributed by atoms with van der Waals surface area (Å²) in [6, 6.07) is -0.772. The summed E-state index contributed by atoms with van der Waals surface area (Å²) in [5, 5.41) is 23.5. The van der Waals surface area contributed by atoms with E-state index in [0.717, 1.165) is 19.9 Å². The Balaban J connectivity index is 2.98. The Labute approximate surface area is 183 Å². The van der Waals surface area contributed by atoms with Crippen molar-refractivity contribution < 1.29 is 42.5 Å². The molecule has 0 radical (unpaired) electrons. The number of benzene rings is 1. The van der Waals surface area contributed by atoms with Crippen LogP contribution < -0.4 is 5.32 Å². The van der Waals surface area contributed by atoms with Gasteiger partial charge in [-0.3, -0.25) is 14.4 Å². The van der Waals surface area contributed by atoms with Gasteiger partial charge in [0.05, 0.1) is 16.9 Å². The molecule has 178 valence electrons. The Kier molecular flexibility index (Phi) is 7.28. The van der Waals surface area contributed by atoms with E-state index in [1.165, 1.54) is 20.8 Å². The number of halogens is 3. The smallest absolute Gasteiger partial charge is 0.312 e. The van der Waals surface area contributed by atoms with Gasteiger partial charge in [0.1, 0.15) is 24.4 Å². The second-order valence-corrected chi connectivity index (χ2v) is 8.47. The second-order valence-electron chi connectivity index (χ2n) is 8.47. The van der Waals surface area contributed by atoms with Crippen LogP contribution in [0, 0.1) is 22.5 Å². The number of aliphatic carboxylic acids is 2. The van der Waals surface area contributed by atoms with Crippen LogP contribution in [0.2, 0.25) is 0 Å². The third-order valence-electron chi connectivity index (χ3n) is 6.82. The van der Waals surface area contributed by atoms with Crippen LogP contribution in [-0.2, 0) is 19.1 Å². The van der Waals surface area contributed by atoms with E-state index >= 15 is 0 Å². The summed E-state index contributed by atoms with van der Waals surface area (Å²) in [7, 11) is 0. The number of piperidine rings is 1. The van der Waals surface area contributed by atoms with E-state index in [1.807, 2.05) is 0 Å². The highest BCUT2D eigenvalue weighted by molar-refractivity contribution is 5.84.